The van der Waals surface area contributed by atoms with Crippen LogP contribution in [0.5, 0.6) is 0 Å². The predicted molar refractivity (Wildman–Crippen MR) is 74.3 cm³/mol. The zero-order valence-electron chi connectivity index (χ0n) is 11.9. The monoisotopic (exact) mass is 261 g/mol. The van der Waals surface area contributed by atoms with E-state index in [-0.39, 0.29) is 11.9 Å². The van der Waals surface area contributed by atoms with E-state index in [4.69, 9.17) is 0 Å². The van der Waals surface area contributed by atoms with Gasteiger partial charge in [-0.25, -0.2) is 4.39 Å². The molecule has 3 nitrogen and oxygen atoms in total. The van der Waals surface area contributed by atoms with Gasteiger partial charge in [0, 0.05) is 36.5 Å². The molecule has 0 aliphatic rings. The van der Waals surface area contributed by atoms with Crippen molar-refractivity contribution in [3.05, 3.63) is 52.6 Å². The van der Waals surface area contributed by atoms with Crippen molar-refractivity contribution in [3.8, 4) is 0 Å². The first-order valence-electron chi connectivity index (χ1n) is 6.47. The number of aryl methyl sites for hydroxylation is 2. The smallest absolute Gasteiger partial charge is 0.127 e. The molecule has 2 rings (SSSR count). The summed E-state index contributed by atoms with van der Waals surface area (Å²) in [5.74, 6) is -0.165. The van der Waals surface area contributed by atoms with Gasteiger partial charge in [-0.05, 0) is 26.8 Å². The van der Waals surface area contributed by atoms with E-state index in [2.05, 4.69) is 24.3 Å². The summed E-state index contributed by atoms with van der Waals surface area (Å²) in [6, 6.07) is 7.00. The van der Waals surface area contributed by atoms with E-state index < -0.39 is 0 Å². The van der Waals surface area contributed by atoms with Crippen LogP contribution >= 0.6 is 0 Å². The van der Waals surface area contributed by atoms with Crippen molar-refractivity contribution in [1.82, 2.24) is 15.1 Å². The molecule has 1 atom stereocenters. The van der Waals surface area contributed by atoms with Crippen LogP contribution in [-0.4, -0.2) is 9.78 Å². The maximum absolute atomic E-state index is 13.5. The Bertz CT molecular complexity index is 575. The van der Waals surface area contributed by atoms with Gasteiger partial charge in [0.05, 0.1) is 5.69 Å². The third kappa shape index (κ3) is 2.84. The highest BCUT2D eigenvalue weighted by Crippen LogP contribution is 2.21. The third-order valence-corrected chi connectivity index (χ3v) is 3.55. The quantitative estimate of drug-likeness (QED) is 0.916. The number of hydrogen-bond donors (Lipinski definition) is 1. The summed E-state index contributed by atoms with van der Waals surface area (Å²) < 4.78 is 15.4. The number of benzene rings is 1. The van der Waals surface area contributed by atoms with Gasteiger partial charge in [0.15, 0.2) is 0 Å². The van der Waals surface area contributed by atoms with E-state index in [0.29, 0.717) is 12.1 Å². The standard InChI is InChI=1S/C15H20FN3/c1-10(15-11(2)18-19(4)12(15)3)17-9-13-7-5-6-8-14(13)16/h5-8,10,17H,9H2,1-4H3. The maximum atomic E-state index is 13.5. The molecule has 1 heterocycles. The fourth-order valence-corrected chi connectivity index (χ4v) is 2.42. The number of halogens is 1. The largest absolute Gasteiger partial charge is 0.306 e. The lowest BCUT2D eigenvalue weighted by atomic mass is 10.1. The van der Waals surface area contributed by atoms with Gasteiger partial charge in [-0.2, -0.15) is 5.10 Å². The molecule has 1 aromatic carbocycles. The predicted octanol–water partition coefficient (Wildman–Crippen LogP) is 3.03. The Morgan fingerprint density at radius 1 is 1.32 bits per heavy atom. The molecule has 0 aliphatic heterocycles. The van der Waals surface area contributed by atoms with Crippen LogP contribution in [0.2, 0.25) is 0 Å². The molecule has 0 aliphatic carbocycles. The van der Waals surface area contributed by atoms with Crippen molar-refractivity contribution in [2.24, 2.45) is 7.05 Å². The molecule has 102 valence electrons. The highest BCUT2D eigenvalue weighted by atomic mass is 19.1. The van der Waals surface area contributed by atoms with Gasteiger partial charge in [0.1, 0.15) is 5.82 Å². The number of hydrogen-bond acceptors (Lipinski definition) is 2. The van der Waals surface area contributed by atoms with Crippen LogP contribution in [0.4, 0.5) is 4.39 Å². The lowest BCUT2D eigenvalue weighted by Gasteiger charge is -2.15. The van der Waals surface area contributed by atoms with Crippen LogP contribution in [0, 0.1) is 19.7 Å². The maximum Gasteiger partial charge on any atom is 0.127 e. The fourth-order valence-electron chi connectivity index (χ4n) is 2.42. The fraction of sp³-hybridized carbons (Fsp3) is 0.400. The van der Waals surface area contributed by atoms with Crippen molar-refractivity contribution in [1.29, 1.82) is 0 Å². The van der Waals surface area contributed by atoms with Crippen molar-refractivity contribution in [3.63, 3.8) is 0 Å². The first-order chi connectivity index (χ1) is 9.00. The molecule has 0 radical (unpaired) electrons. The summed E-state index contributed by atoms with van der Waals surface area (Å²) in [5.41, 5.74) is 4.05. The first-order valence-corrected chi connectivity index (χ1v) is 6.47. The van der Waals surface area contributed by atoms with Gasteiger partial charge in [0.2, 0.25) is 0 Å². The van der Waals surface area contributed by atoms with Gasteiger partial charge >= 0.3 is 0 Å². The zero-order chi connectivity index (χ0) is 14.0. The first kappa shape index (κ1) is 13.7. The summed E-state index contributed by atoms with van der Waals surface area (Å²) in [6.07, 6.45) is 0. The zero-order valence-corrected chi connectivity index (χ0v) is 11.9. The van der Waals surface area contributed by atoms with E-state index in [1.54, 1.807) is 12.1 Å². The molecule has 2 aromatic rings. The van der Waals surface area contributed by atoms with E-state index in [9.17, 15) is 4.39 Å². The van der Waals surface area contributed by atoms with Gasteiger partial charge in [-0.1, -0.05) is 18.2 Å². The molecule has 0 amide bonds. The normalized spacial score (nSPS) is 12.7. The van der Waals surface area contributed by atoms with Gasteiger partial charge < -0.3 is 5.32 Å². The Kier molecular flexibility index (Phi) is 4.00. The van der Waals surface area contributed by atoms with E-state index in [0.717, 1.165) is 11.4 Å². The summed E-state index contributed by atoms with van der Waals surface area (Å²) >= 11 is 0. The third-order valence-electron chi connectivity index (χ3n) is 3.55. The lowest BCUT2D eigenvalue weighted by molar-refractivity contribution is 0.541. The van der Waals surface area contributed by atoms with Crippen LogP contribution in [0.15, 0.2) is 24.3 Å². The van der Waals surface area contributed by atoms with Gasteiger partial charge in [0.25, 0.3) is 0 Å². The van der Waals surface area contributed by atoms with E-state index in [1.807, 2.05) is 24.7 Å². The van der Waals surface area contributed by atoms with Crippen LogP contribution < -0.4 is 5.32 Å². The number of nitrogens with one attached hydrogen (secondary N) is 1. The Hall–Kier alpha value is -1.68. The summed E-state index contributed by atoms with van der Waals surface area (Å²) in [7, 11) is 1.94. The van der Waals surface area contributed by atoms with Crippen LogP contribution in [0.3, 0.4) is 0 Å². The van der Waals surface area contributed by atoms with Crippen molar-refractivity contribution in [2.75, 3.05) is 0 Å². The molecule has 1 N–H and O–H groups in total. The molecule has 0 bridgehead atoms. The van der Waals surface area contributed by atoms with Crippen LogP contribution in [-0.2, 0) is 13.6 Å². The molecular weight excluding hydrogens is 241 g/mol. The van der Waals surface area contributed by atoms with Crippen LogP contribution in [0.25, 0.3) is 0 Å². The van der Waals surface area contributed by atoms with Gasteiger partial charge in [-0.15, -0.1) is 0 Å². The minimum Gasteiger partial charge on any atom is -0.306 e. The van der Waals surface area contributed by atoms with Crippen LogP contribution in [0.1, 0.15) is 35.5 Å². The Labute approximate surface area is 113 Å². The molecule has 0 saturated carbocycles. The molecule has 1 aromatic heterocycles. The average molecular weight is 261 g/mol. The molecule has 1 unspecified atom stereocenters. The molecule has 0 saturated heterocycles. The second-order valence-electron chi connectivity index (χ2n) is 4.90. The number of aromatic nitrogens is 2. The van der Waals surface area contributed by atoms with E-state index >= 15 is 0 Å². The Morgan fingerprint density at radius 3 is 2.58 bits per heavy atom. The van der Waals surface area contributed by atoms with Crippen molar-refractivity contribution < 1.29 is 4.39 Å². The minimum absolute atomic E-state index is 0.147. The number of rotatable bonds is 4. The minimum atomic E-state index is -0.165. The molecular formula is C15H20FN3. The average Bonchev–Trinajstić information content (AvgIpc) is 2.62. The number of nitrogens with zero attached hydrogens (tertiary/aromatic N) is 2. The topological polar surface area (TPSA) is 29.9 Å². The Morgan fingerprint density at radius 2 is 2.00 bits per heavy atom. The SMILES string of the molecule is Cc1nn(C)c(C)c1C(C)NCc1ccccc1F. The highest BCUT2D eigenvalue weighted by Gasteiger charge is 2.16. The van der Waals surface area contributed by atoms with Gasteiger partial charge in [-0.3, -0.25) is 4.68 Å². The highest BCUT2D eigenvalue weighted by molar-refractivity contribution is 5.28. The molecule has 19 heavy (non-hydrogen) atoms. The molecule has 4 heteroatoms. The van der Waals surface area contributed by atoms with Crippen molar-refractivity contribution in [2.45, 2.75) is 33.4 Å². The molecule has 0 spiro atoms. The molecule has 0 fully saturated rings. The summed E-state index contributed by atoms with van der Waals surface area (Å²) in [6.45, 7) is 6.65. The van der Waals surface area contributed by atoms with Crippen molar-refractivity contribution >= 4 is 0 Å². The second-order valence-corrected chi connectivity index (χ2v) is 4.90. The summed E-state index contributed by atoms with van der Waals surface area (Å²) in [4.78, 5) is 0. The van der Waals surface area contributed by atoms with E-state index in [1.165, 1.54) is 11.6 Å². The lowest BCUT2D eigenvalue weighted by Crippen LogP contribution is -2.20. The Balaban J connectivity index is 2.10. The second kappa shape index (κ2) is 5.53. The summed E-state index contributed by atoms with van der Waals surface area (Å²) in [5, 5.41) is 7.76.